The van der Waals surface area contributed by atoms with Gasteiger partial charge in [-0.05, 0) is 6.42 Å². The lowest BCUT2D eigenvalue weighted by atomic mass is 10.1. The summed E-state index contributed by atoms with van der Waals surface area (Å²) in [5.41, 5.74) is 6.00. The predicted molar refractivity (Wildman–Crippen MR) is 129 cm³/mol. The second-order valence-corrected chi connectivity index (χ2v) is 14.9. The van der Waals surface area contributed by atoms with Crippen LogP contribution in [0, 0.1) is 0 Å². The fourth-order valence-electron chi connectivity index (χ4n) is 3.40. The minimum Gasteiger partial charge on any atom is -0.387 e. The van der Waals surface area contributed by atoms with Gasteiger partial charge in [-0.15, -0.1) is 0 Å². The van der Waals surface area contributed by atoms with Crippen LogP contribution < -0.4 is 5.73 Å². The standard InChI is InChI=1S/C15H27N5O15P4/c1-2-3-4-5-36(23,24)33-38(27,28)35-39(29,30)34-37(25,26)31-6-9-11(21)12(22)15(32-9)20-8-19-10-13(16)17-7-18-14(10)20/h7-9,11-12,15,21-22H,2-6H2,1H3,(H,23,24)(H,25,26)(H,27,28)(H,29,30)(H2,16,17,18)/t9-,11+,12?,15-/m1/s1. The fourth-order valence-corrected chi connectivity index (χ4v) is 9.02. The molecule has 0 bridgehead atoms. The number of nitrogens with zero attached hydrogens (tertiary/aromatic N) is 4. The molecule has 20 nitrogen and oxygen atoms in total. The molecule has 0 saturated carbocycles. The number of phosphoric ester groups is 1. The molecule has 0 aromatic carbocycles. The maximum Gasteiger partial charge on any atom is 0.490 e. The average Bonchev–Trinajstić information content (AvgIpc) is 3.32. The number of aliphatic hydroxyl groups excluding tert-OH is 2. The molecule has 39 heavy (non-hydrogen) atoms. The molecule has 8 atom stereocenters. The third-order valence-electron chi connectivity index (χ3n) is 5.09. The lowest BCUT2D eigenvalue weighted by Gasteiger charge is -2.21. The molecule has 1 saturated heterocycles. The maximum absolute atomic E-state index is 12.2. The molecule has 3 heterocycles. The van der Waals surface area contributed by atoms with E-state index in [9.17, 15) is 48.0 Å². The molecule has 24 heteroatoms. The highest BCUT2D eigenvalue weighted by Crippen LogP contribution is 2.71. The van der Waals surface area contributed by atoms with E-state index < -0.39 is 68.4 Å². The third-order valence-corrected chi connectivity index (χ3v) is 11.6. The number of anilines is 1. The summed E-state index contributed by atoms with van der Waals surface area (Å²) in [5, 5.41) is 20.7. The van der Waals surface area contributed by atoms with Gasteiger partial charge in [-0.2, -0.15) is 8.62 Å². The number of unbranched alkanes of at least 4 members (excludes halogenated alkanes) is 2. The molecule has 1 aliphatic heterocycles. The van der Waals surface area contributed by atoms with E-state index in [4.69, 9.17) is 10.5 Å². The summed E-state index contributed by atoms with van der Waals surface area (Å²) in [6.45, 7) is 0.772. The number of nitrogen functional groups attached to an aromatic ring is 1. The maximum atomic E-state index is 12.2. The molecule has 0 radical (unpaired) electrons. The smallest absolute Gasteiger partial charge is 0.387 e. The highest BCUT2D eigenvalue weighted by atomic mass is 31.3. The van der Waals surface area contributed by atoms with Crippen LogP contribution in [0.15, 0.2) is 12.7 Å². The SMILES string of the molecule is CCCCCP(=O)(O)OP(=O)(O)OP(=O)(O)OP(=O)(O)OC[C@H]1O[C@@H](n2cnc3c(N)ncnc32)C(O)[C@H]1O. The van der Waals surface area contributed by atoms with Gasteiger partial charge in [0, 0.05) is 0 Å². The molecule has 0 amide bonds. The molecule has 2 aromatic heterocycles. The van der Waals surface area contributed by atoms with Gasteiger partial charge in [-0.3, -0.25) is 13.7 Å². The third kappa shape index (κ3) is 8.66. The zero-order valence-corrected chi connectivity index (χ0v) is 23.6. The Morgan fingerprint density at radius 2 is 1.59 bits per heavy atom. The molecule has 0 aliphatic carbocycles. The first-order chi connectivity index (χ1) is 18.0. The van der Waals surface area contributed by atoms with Gasteiger partial charge in [0.15, 0.2) is 17.7 Å². The van der Waals surface area contributed by atoms with Crippen molar-refractivity contribution in [2.24, 2.45) is 0 Å². The Morgan fingerprint density at radius 1 is 0.949 bits per heavy atom. The van der Waals surface area contributed by atoms with Crippen LogP contribution in [-0.4, -0.2) is 80.4 Å². The molecule has 1 aliphatic rings. The molecular weight excluding hydrogens is 614 g/mol. The minimum absolute atomic E-state index is 0.0248. The van der Waals surface area contributed by atoms with Crippen LogP contribution in [0.4, 0.5) is 5.82 Å². The van der Waals surface area contributed by atoms with Gasteiger partial charge in [0.2, 0.25) is 0 Å². The summed E-state index contributed by atoms with van der Waals surface area (Å²) in [6.07, 6.45) is -3.22. The normalized spacial score (nSPS) is 28.0. The van der Waals surface area contributed by atoms with Crippen LogP contribution in [0.1, 0.15) is 32.4 Å². The second-order valence-electron chi connectivity index (χ2n) is 8.14. The number of aromatic nitrogens is 4. The van der Waals surface area contributed by atoms with Gasteiger partial charge in [-0.1, -0.05) is 19.8 Å². The summed E-state index contributed by atoms with van der Waals surface area (Å²) in [7, 11) is -22.0. The second kappa shape index (κ2) is 12.4. The van der Waals surface area contributed by atoms with Crippen LogP contribution in [0.2, 0.25) is 0 Å². The number of phosphoric acid groups is 3. The van der Waals surface area contributed by atoms with Crippen molar-refractivity contribution in [3.05, 3.63) is 12.7 Å². The number of fused-ring (bicyclic) bond motifs is 1. The van der Waals surface area contributed by atoms with E-state index in [0.29, 0.717) is 12.8 Å². The lowest BCUT2D eigenvalue weighted by Crippen LogP contribution is -2.33. The number of imidazole rings is 1. The van der Waals surface area contributed by atoms with E-state index in [2.05, 4.69) is 32.4 Å². The van der Waals surface area contributed by atoms with Crippen molar-refractivity contribution in [2.45, 2.75) is 50.7 Å². The predicted octanol–water partition coefficient (Wildman–Crippen LogP) is 0.771. The number of ether oxygens (including phenoxy) is 1. The molecular formula is C15H27N5O15P4. The first-order valence-corrected chi connectivity index (χ1v) is 17.2. The Morgan fingerprint density at radius 3 is 2.26 bits per heavy atom. The summed E-state index contributed by atoms with van der Waals surface area (Å²) in [4.78, 5) is 50.3. The first-order valence-electron chi connectivity index (χ1n) is 11.0. The Balaban J connectivity index is 1.60. The van der Waals surface area contributed by atoms with Gasteiger partial charge in [0.1, 0.15) is 30.2 Å². The molecule has 0 spiro atoms. The van der Waals surface area contributed by atoms with Gasteiger partial charge < -0.3 is 40.3 Å². The lowest BCUT2D eigenvalue weighted by molar-refractivity contribution is -0.0503. The van der Waals surface area contributed by atoms with Gasteiger partial charge in [0.05, 0.1) is 19.1 Å². The first kappa shape index (κ1) is 32.3. The van der Waals surface area contributed by atoms with Crippen molar-refractivity contribution >= 4 is 48.0 Å². The van der Waals surface area contributed by atoms with Crippen molar-refractivity contribution in [1.82, 2.24) is 19.5 Å². The van der Waals surface area contributed by atoms with Crippen LogP contribution in [0.3, 0.4) is 0 Å². The molecule has 1 fully saturated rings. The van der Waals surface area contributed by atoms with Crippen LogP contribution in [0.25, 0.3) is 11.2 Å². The summed E-state index contributed by atoms with van der Waals surface area (Å²) < 4.78 is 71.0. The fraction of sp³-hybridized carbons (Fsp3) is 0.667. The summed E-state index contributed by atoms with van der Waals surface area (Å²) >= 11 is 0. The summed E-state index contributed by atoms with van der Waals surface area (Å²) in [5.74, 6) is 0.0248. The highest BCUT2D eigenvalue weighted by molar-refractivity contribution is 7.70. The van der Waals surface area contributed by atoms with Gasteiger partial charge in [-0.25, -0.2) is 33.0 Å². The van der Waals surface area contributed by atoms with E-state index in [1.165, 1.54) is 10.9 Å². The number of hydrogen-bond acceptors (Lipinski definition) is 15. The van der Waals surface area contributed by atoms with Crippen LogP contribution in [-0.2, 0) is 40.5 Å². The van der Waals surface area contributed by atoms with E-state index in [-0.39, 0.29) is 23.4 Å². The average molecular weight is 641 g/mol. The van der Waals surface area contributed by atoms with Crippen molar-refractivity contribution in [2.75, 3.05) is 18.5 Å². The Hall–Kier alpha value is -1.17. The molecule has 2 aromatic rings. The molecule has 5 unspecified atom stereocenters. The number of nitrogens with two attached hydrogens (primary N) is 1. The Bertz CT molecular complexity index is 1360. The molecule has 222 valence electrons. The van der Waals surface area contributed by atoms with Crippen LogP contribution >= 0.6 is 31.1 Å². The Kier molecular flexibility index (Phi) is 10.3. The van der Waals surface area contributed by atoms with Crippen molar-refractivity contribution in [3.8, 4) is 0 Å². The topological polar surface area (TPSA) is 305 Å². The zero-order valence-electron chi connectivity index (χ0n) is 20.0. The van der Waals surface area contributed by atoms with Crippen molar-refractivity contribution < 1.29 is 70.2 Å². The molecule has 3 rings (SSSR count). The number of hydrogen-bond donors (Lipinski definition) is 7. The van der Waals surface area contributed by atoms with Crippen LogP contribution in [0.5, 0.6) is 0 Å². The van der Waals surface area contributed by atoms with Gasteiger partial charge in [0.25, 0.3) is 0 Å². The van der Waals surface area contributed by atoms with Gasteiger partial charge >= 0.3 is 31.1 Å². The monoisotopic (exact) mass is 641 g/mol. The highest BCUT2D eigenvalue weighted by Gasteiger charge is 2.48. The number of aliphatic hydroxyl groups is 2. The zero-order chi connectivity index (χ0) is 29.2. The summed E-state index contributed by atoms with van der Waals surface area (Å²) in [6, 6.07) is 0. The minimum atomic E-state index is -5.93. The number of rotatable bonds is 14. The van der Waals surface area contributed by atoms with Crippen molar-refractivity contribution in [3.63, 3.8) is 0 Å². The van der Waals surface area contributed by atoms with Crippen molar-refractivity contribution in [1.29, 1.82) is 0 Å². The molecule has 8 N–H and O–H groups in total. The Labute approximate surface area is 220 Å². The van der Waals surface area contributed by atoms with E-state index in [1.807, 2.05) is 0 Å². The largest absolute Gasteiger partial charge is 0.490 e. The van der Waals surface area contributed by atoms with E-state index in [1.54, 1.807) is 6.92 Å². The quantitative estimate of drug-likeness (QED) is 0.111. The van der Waals surface area contributed by atoms with E-state index in [0.717, 1.165) is 6.33 Å². The van der Waals surface area contributed by atoms with E-state index >= 15 is 0 Å².